The summed E-state index contributed by atoms with van der Waals surface area (Å²) in [5, 5.41) is 1.21. The summed E-state index contributed by atoms with van der Waals surface area (Å²) in [6.45, 7) is 7.42. The Hall–Kier alpha value is 0.440. The van der Waals surface area contributed by atoms with Crippen LogP contribution in [0.3, 0.4) is 0 Å². The Bertz CT molecular complexity index is 265. The predicted octanol–water partition coefficient (Wildman–Crippen LogP) is 5.62. The molecule has 1 nitrogen and oxygen atoms in total. The summed E-state index contributed by atoms with van der Waals surface area (Å²) in [4.78, 5) is 2.89. The molecule has 2 rings (SSSR count). The van der Waals surface area contributed by atoms with Gasteiger partial charge in [0.05, 0.1) is 0 Å². The van der Waals surface area contributed by atoms with E-state index in [2.05, 4.69) is 34.7 Å². The molecule has 0 radical (unpaired) electrons. The van der Waals surface area contributed by atoms with E-state index in [1.54, 1.807) is 0 Å². The molecule has 0 aliphatic heterocycles. The monoisotopic (exact) mass is 343 g/mol. The van der Waals surface area contributed by atoms with Gasteiger partial charge in [-0.2, -0.15) is 0 Å². The Kier molecular flexibility index (Phi) is 6.87. The molecule has 2 heteroatoms. The van der Waals surface area contributed by atoms with Gasteiger partial charge in [-0.15, -0.1) is 0 Å². The Morgan fingerprint density at radius 1 is 1.05 bits per heavy atom. The number of halogens is 1. The minimum Gasteiger partial charge on any atom is -0.300 e. The molecule has 0 amide bonds. The Labute approximate surface area is 135 Å². The fraction of sp³-hybridized carbons (Fsp3) is 1.00. The van der Waals surface area contributed by atoms with E-state index in [-0.39, 0.29) is 0 Å². The van der Waals surface area contributed by atoms with Crippen molar-refractivity contribution in [3.8, 4) is 0 Å². The first kappa shape index (κ1) is 16.8. The number of alkyl halides is 1. The van der Waals surface area contributed by atoms with Crippen LogP contribution >= 0.6 is 15.9 Å². The van der Waals surface area contributed by atoms with Gasteiger partial charge < -0.3 is 0 Å². The van der Waals surface area contributed by atoms with Crippen LogP contribution in [0.4, 0.5) is 0 Å². The van der Waals surface area contributed by atoms with Crippen LogP contribution in [0, 0.1) is 11.3 Å². The molecule has 20 heavy (non-hydrogen) atoms. The molecule has 2 saturated carbocycles. The Morgan fingerprint density at radius 2 is 1.70 bits per heavy atom. The lowest BCUT2D eigenvalue weighted by Gasteiger charge is -2.42. The molecule has 118 valence electrons. The molecule has 2 aliphatic rings. The second kappa shape index (κ2) is 8.17. The summed E-state index contributed by atoms with van der Waals surface area (Å²) >= 11 is 3.86. The summed E-state index contributed by atoms with van der Waals surface area (Å²) in [7, 11) is 0. The highest BCUT2D eigenvalue weighted by Crippen LogP contribution is 2.40. The SMILES string of the molecule is CC(C)CCN(CC1(CBr)CCCCC1)C1CCCC1. The summed E-state index contributed by atoms with van der Waals surface area (Å²) in [5.74, 6) is 0.838. The van der Waals surface area contributed by atoms with E-state index < -0.39 is 0 Å². The van der Waals surface area contributed by atoms with Gasteiger partial charge in [-0.1, -0.05) is 61.9 Å². The first-order valence-corrected chi connectivity index (χ1v) is 10.1. The number of nitrogens with zero attached hydrogens (tertiary/aromatic N) is 1. The lowest BCUT2D eigenvalue weighted by atomic mass is 9.75. The van der Waals surface area contributed by atoms with Gasteiger partial charge in [0.2, 0.25) is 0 Å². The number of rotatable bonds is 7. The third-order valence-electron chi connectivity index (χ3n) is 5.57. The zero-order valence-electron chi connectivity index (χ0n) is 13.7. The number of hydrogen-bond donors (Lipinski definition) is 0. The maximum Gasteiger partial charge on any atom is 0.0100 e. The van der Waals surface area contributed by atoms with E-state index in [4.69, 9.17) is 0 Å². The minimum absolute atomic E-state index is 0.581. The van der Waals surface area contributed by atoms with Crippen molar-refractivity contribution in [1.29, 1.82) is 0 Å². The van der Waals surface area contributed by atoms with Gasteiger partial charge >= 0.3 is 0 Å². The predicted molar refractivity (Wildman–Crippen MR) is 92.6 cm³/mol. The molecule has 0 aromatic carbocycles. The maximum atomic E-state index is 3.86. The molecule has 0 unspecified atom stereocenters. The highest BCUT2D eigenvalue weighted by Gasteiger charge is 2.35. The highest BCUT2D eigenvalue weighted by molar-refractivity contribution is 9.09. The summed E-state index contributed by atoms with van der Waals surface area (Å²) in [6.07, 6.45) is 14.5. The largest absolute Gasteiger partial charge is 0.300 e. The average Bonchev–Trinajstić information content (AvgIpc) is 2.98. The molecule has 2 aliphatic carbocycles. The van der Waals surface area contributed by atoms with Crippen LogP contribution in [0.5, 0.6) is 0 Å². The van der Waals surface area contributed by atoms with Gasteiger partial charge in [-0.25, -0.2) is 0 Å². The van der Waals surface area contributed by atoms with Crippen LogP contribution in [-0.4, -0.2) is 29.4 Å². The van der Waals surface area contributed by atoms with Crippen molar-refractivity contribution in [2.24, 2.45) is 11.3 Å². The van der Waals surface area contributed by atoms with Gasteiger partial charge in [0.1, 0.15) is 0 Å². The van der Waals surface area contributed by atoms with Crippen molar-refractivity contribution in [3.63, 3.8) is 0 Å². The van der Waals surface area contributed by atoms with Crippen molar-refractivity contribution in [1.82, 2.24) is 4.90 Å². The summed E-state index contributed by atoms with van der Waals surface area (Å²) in [6, 6.07) is 0.895. The van der Waals surface area contributed by atoms with Crippen LogP contribution in [0.15, 0.2) is 0 Å². The average molecular weight is 344 g/mol. The quantitative estimate of drug-likeness (QED) is 0.542. The minimum atomic E-state index is 0.581. The molecule has 0 N–H and O–H groups in total. The molecule has 0 spiro atoms. The standard InChI is InChI=1S/C18H34BrN/c1-16(2)10-13-20(17-8-4-5-9-17)15-18(14-19)11-6-3-7-12-18/h16-17H,3-15H2,1-2H3. The lowest BCUT2D eigenvalue weighted by molar-refractivity contribution is 0.0900. The lowest BCUT2D eigenvalue weighted by Crippen LogP contribution is -2.45. The molecule has 0 atom stereocenters. The fourth-order valence-corrected chi connectivity index (χ4v) is 4.89. The molecule has 0 bridgehead atoms. The zero-order chi connectivity index (χ0) is 14.4. The van der Waals surface area contributed by atoms with Gasteiger partial charge in [-0.05, 0) is 50.0 Å². The van der Waals surface area contributed by atoms with E-state index in [0.717, 1.165) is 12.0 Å². The van der Waals surface area contributed by atoms with Gasteiger partial charge in [0.15, 0.2) is 0 Å². The molecular formula is C18H34BrN. The first-order chi connectivity index (χ1) is 9.65. The molecule has 0 saturated heterocycles. The second-order valence-corrected chi connectivity index (χ2v) is 8.35. The molecule has 2 fully saturated rings. The van der Waals surface area contributed by atoms with Gasteiger partial charge in [0.25, 0.3) is 0 Å². The van der Waals surface area contributed by atoms with Crippen molar-refractivity contribution < 1.29 is 0 Å². The maximum absolute atomic E-state index is 3.86. The van der Waals surface area contributed by atoms with Crippen molar-refractivity contribution in [2.45, 2.75) is 84.1 Å². The van der Waals surface area contributed by atoms with Crippen LogP contribution in [0.25, 0.3) is 0 Å². The first-order valence-electron chi connectivity index (χ1n) is 8.95. The van der Waals surface area contributed by atoms with Crippen molar-refractivity contribution in [2.75, 3.05) is 18.4 Å². The van der Waals surface area contributed by atoms with E-state index >= 15 is 0 Å². The van der Waals surface area contributed by atoms with Crippen LogP contribution in [0.2, 0.25) is 0 Å². The Morgan fingerprint density at radius 3 is 2.25 bits per heavy atom. The molecule has 0 aromatic rings. The van der Waals surface area contributed by atoms with Gasteiger partial charge in [0, 0.05) is 17.9 Å². The second-order valence-electron chi connectivity index (χ2n) is 7.79. The van der Waals surface area contributed by atoms with Crippen LogP contribution in [0.1, 0.15) is 78.1 Å². The fourth-order valence-electron chi connectivity index (χ4n) is 4.15. The van der Waals surface area contributed by atoms with Crippen molar-refractivity contribution in [3.05, 3.63) is 0 Å². The summed E-state index contributed by atoms with van der Waals surface area (Å²) in [5.41, 5.74) is 0.581. The third-order valence-corrected chi connectivity index (χ3v) is 6.76. The van der Waals surface area contributed by atoms with E-state index in [9.17, 15) is 0 Å². The van der Waals surface area contributed by atoms with E-state index in [1.165, 1.54) is 82.6 Å². The summed E-state index contributed by atoms with van der Waals surface area (Å²) < 4.78 is 0. The Balaban J connectivity index is 1.96. The number of hydrogen-bond acceptors (Lipinski definition) is 1. The van der Waals surface area contributed by atoms with Crippen molar-refractivity contribution >= 4 is 15.9 Å². The normalized spacial score (nSPS) is 23.9. The van der Waals surface area contributed by atoms with Crippen LogP contribution in [-0.2, 0) is 0 Å². The van der Waals surface area contributed by atoms with E-state index in [1.807, 2.05) is 0 Å². The molecule has 0 heterocycles. The highest BCUT2D eigenvalue weighted by atomic mass is 79.9. The third kappa shape index (κ3) is 4.73. The van der Waals surface area contributed by atoms with E-state index in [0.29, 0.717) is 5.41 Å². The van der Waals surface area contributed by atoms with Crippen LogP contribution < -0.4 is 0 Å². The molecule has 0 aromatic heterocycles. The smallest absolute Gasteiger partial charge is 0.0100 e. The molecular weight excluding hydrogens is 310 g/mol. The topological polar surface area (TPSA) is 3.24 Å². The zero-order valence-corrected chi connectivity index (χ0v) is 15.3. The van der Waals surface area contributed by atoms with Gasteiger partial charge in [-0.3, -0.25) is 4.90 Å².